The highest BCUT2D eigenvalue weighted by molar-refractivity contribution is 7.09. The zero-order chi connectivity index (χ0) is 17.7. The number of thiophene rings is 1. The first-order valence-corrected chi connectivity index (χ1v) is 9.51. The molecule has 0 spiro atoms. The third-order valence-corrected chi connectivity index (χ3v) is 5.56. The molecule has 0 radical (unpaired) electrons. The maximum Gasteiger partial charge on any atom is 0.240 e. The van der Waals surface area contributed by atoms with Crippen molar-refractivity contribution in [3.63, 3.8) is 0 Å². The van der Waals surface area contributed by atoms with Crippen molar-refractivity contribution >= 4 is 23.2 Å². The summed E-state index contributed by atoms with van der Waals surface area (Å²) in [6.07, 6.45) is 2.31. The summed E-state index contributed by atoms with van der Waals surface area (Å²) in [6.45, 7) is 7.83. The molecule has 0 aromatic carbocycles. The van der Waals surface area contributed by atoms with Crippen LogP contribution in [0.15, 0.2) is 17.5 Å². The number of amides is 2. The van der Waals surface area contributed by atoms with Gasteiger partial charge in [-0.1, -0.05) is 26.8 Å². The molecular formula is C18H29N3O2S. The van der Waals surface area contributed by atoms with Crippen LogP contribution in [0.4, 0.5) is 0 Å². The summed E-state index contributed by atoms with van der Waals surface area (Å²) in [5.74, 6) is 0.112. The molecule has 6 heteroatoms. The zero-order valence-electron chi connectivity index (χ0n) is 14.9. The summed E-state index contributed by atoms with van der Waals surface area (Å²) in [5, 5.41) is 5.07. The molecule has 2 amide bonds. The maximum atomic E-state index is 12.4. The van der Waals surface area contributed by atoms with Crippen LogP contribution in [0.2, 0.25) is 0 Å². The minimum Gasteiger partial charge on any atom is -0.355 e. The van der Waals surface area contributed by atoms with Crippen LogP contribution >= 0.6 is 11.3 Å². The molecule has 1 saturated heterocycles. The second-order valence-electron chi connectivity index (χ2n) is 7.56. The fourth-order valence-corrected chi connectivity index (χ4v) is 3.55. The number of likely N-dealkylation sites (tertiary alicyclic amines) is 1. The monoisotopic (exact) mass is 351 g/mol. The molecule has 1 aliphatic heterocycles. The van der Waals surface area contributed by atoms with Crippen LogP contribution < -0.4 is 11.1 Å². The van der Waals surface area contributed by atoms with Crippen molar-refractivity contribution < 1.29 is 9.59 Å². The number of nitrogens with one attached hydrogen (secondary N) is 1. The van der Waals surface area contributed by atoms with Crippen LogP contribution in [0.25, 0.3) is 0 Å². The highest BCUT2D eigenvalue weighted by atomic mass is 32.1. The minimum atomic E-state index is -0.492. The normalized spacial score (nSPS) is 17.6. The fourth-order valence-electron chi connectivity index (χ4n) is 2.84. The summed E-state index contributed by atoms with van der Waals surface area (Å²) in [4.78, 5) is 27.8. The number of nitrogens with zero attached hydrogens (tertiary/aromatic N) is 1. The fraction of sp³-hybridized carbons (Fsp3) is 0.667. The summed E-state index contributed by atoms with van der Waals surface area (Å²) < 4.78 is 0. The molecule has 1 aliphatic rings. The molecule has 0 bridgehead atoms. The highest BCUT2D eigenvalue weighted by Crippen LogP contribution is 2.23. The average molecular weight is 352 g/mol. The van der Waals surface area contributed by atoms with E-state index in [4.69, 9.17) is 5.73 Å². The first-order valence-electron chi connectivity index (χ1n) is 8.63. The predicted octanol–water partition coefficient (Wildman–Crippen LogP) is 2.02. The SMILES string of the molecule is CC(C)(C)[C@H](N)C(=O)N1CCC(C(=O)NCCc2cccs2)CC1. The second-order valence-corrected chi connectivity index (χ2v) is 8.60. The number of hydrogen-bond donors (Lipinski definition) is 2. The standard InChI is InChI=1S/C18H29N3O2S/c1-18(2,3)15(19)17(23)21-10-7-13(8-11-21)16(22)20-9-6-14-5-4-12-24-14/h4-5,12-13,15H,6-11,19H2,1-3H3,(H,20,22)/t15-/m1/s1. The Morgan fingerprint density at radius 2 is 2.04 bits per heavy atom. The molecule has 24 heavy (non-hydrogen) atoms. The van der Waals surface area contributed by atoms with E-state index in [1.165, 1.54) is 4.88 Å². The van der Waals surface area contributed by atoms with E-state index in [1.807, 2.05) is 37.1 Å². The van der Waals surface area contributed by atoms with Crippen molar-refractivity contribution in [1.29, 1.82) is 0 Å². The molecule has 1 aromatic heterocycles. The van der Waals surface area contributed by atoms with Crippen LogP contribution in [-0.2, 0) is 16.0 Å². The third-order valence-electron chi connectivity index (χ3n) is 4.63. The highest BCUT2D eigenvalue weighted by Gasteiger charge is 2.34. The van der Waals surface area contributed by atoms with Crippen molar-refractivity contribution in [1.82, 2.24) is 10.2 Å². The van der Waals surface area contributed by atoms with Crippen molar-refractivity contribution in [3.8, 4) is 0 Å². The van der Waals surface area contributed by atoms with Gasteiger partial charge in [-0.05, 0) is 36.1 Å². The number of rotatable bonds is 5. The van der Waals surface area contributed by atoms with Gasteiger partial charge in [0.05, 0.1) is 6.04 Å². The van der Waals surface area contributed by atoms with Gasteiger partial charge in [0, 0.05) is 30.4 Å². The lowest BCUT2D eigenvalue weighted by Gasteiger charge is -2.36. The van der Waals surface area contributed by atoms with E-state index in [2.05, 4.69) is 11.4 Å². The van der Waals surface area contributed by atoms with Gasteiger partial charge in [-0.25, -0.2) is 0 Å². The van der Waals surface area contributed by atoms with Gasteiger partial charge >= 0.3 is 0 Å². The van der Waals surface area contributed by atoms with Crippen molar-refractivity contribution in [3.05, 3.63) is 22.4 Å². The summed E-state index contributed by atoms with van der Waals surface area (Å²) in [5.41, 5.74) is 5.82. The molecule has 3 N–H and O–H groups in total. The van der Waals surface area contributed by atoms with Gasteiger partial charge < -0.3 is 16.0 Å². The van der Waals surface area contributed by atoms with Crippen LogP contribution in [-0.4, -0.2) is 42.4 Å². The van der Waals surface area contributed by atoms with Crippen molar-refractivity contribution in [2.45, 2.75) is 46.1 Å². The number of piperidine rings is 1. The Morgan fingerprint density at radius 1 is 1.38 bits per heavy atom. The molecule has 1 atom stereocenters. The van der Waals surface area contributed by atoms with E-state index in [9.17, 15) is 9.59 Å². The lowest BCUT2D eigenvalue weighted by Crippen LogP contribution is -2.53. The Kier molecular flexibility index (Phi) is 6.40. The van der Waals surface area contributed by atoms with E-state index in [1.54, 1.807) is 11.3 Å². The Labute approximate surface area is 148 Å². The molecule has 2 rings (SSSR count). The van der Waals surface area contributed by atoms with E-state index >= 15 is 0 Å². The van der Waals surface area contributed by atoms with E-state index in [-0.39, 0.29) is 23.1 Å². The van der Waals surface area contributed by atoms with E-state index in [0.717, 1.165) is 6.42 Å². The van der Waals surface area contributed by atoms with Gasteiger partial charge in [0.2, 0.25) is 11.8 Å². The number of nitrogens with two attached hydrogens (primary N) is 1. The Hall–Kier alpha value is -1.40. The van der Waals surface area contributed by atoms with Crippen LogP contribution in [0.3, 0.4) is 0 Å². The van der Waals surface area contributed by atoms with Gasteiger partial charge in [0.25, 0.3) is 0 Å². The van der Waals surface area contributed by atoms with E-state index in [0.29, 0.717) is 32.5 Å². The van der Waals surface area contributed by atoms with Gasteiger partial charge in [-0.2, -0.15) is 0 Å². The lowest BCUT2D eigenvalue weighted by molar-refractivity contribution is -0.138. The Bertz CT molecular complexity index is 543. The molecule has 134 valence electrons. The molecule has 0 unspecified atom stereocenters. The summed E-state index contributed by atoms with van der Waals surface area (Å²) >= 11 is 1.71. The number of hydrogen-bond acceptors (Lipinski definition) is 4. The lowest BCUT2D eigenvalue weighted by atomic mass is 9.85. The van der Waals surface area contributed by atoms with Gasteiger partial charge in [-0.3, -0.25) is 9.59 Å². The molecule has 1 fully saturated rings. The first kappa shape index (κ1) is 18.9. The van der Waals surface area contributed by atoms with Crippen molar-refractivity contribution in [2.24, 2.45) is 17.1 Å². The van der Waals surface area contributed by atoms with Gasteiger partial charge in [-0.15, -0.1) is 11.3 Å². The zero-order valence-corrected chi connectivity index (χ0v) is 15.7. The molecule has 0 aliphatic carbocycles. The molecular weight excluding hydrogens is 322 g/mol. The Balaban J connectivity index is 1.73. The number of carbonyl (C=O) groups excluding carboxylic acids is 2. The minimum absolute atomic E-state index is 0.000876. The molecule has 1 aromatic rings. The maximum absolute atomic E-state index is 12.4. The van der Waals surface area contributed by atoms with Crippen LogP contribution in [0, 0.1) is 11.3 Å². The Morgan fingerprint density at radius 3 is 2.58 bits per heavy atom. The van der Waals surface area contributed by atoms with Crippen LogP contribution in [0.5, 0.6) is 0 Å². The van der Waals surface area contributed by atoms with Gasteiger partial charge in [0.1, 0.15) is 0 Å². The van der Waals surface area contributed by atoms with Crippen LogP contribution in [0.1, 0.15) is 38.5 Å². The predicted molar refractivity (Wildman–Crippen MR) is 97.8 cm³/mol. The average Bonchev–Trinajstić information content (AvgIpc) is 3.06. The first-order chi connectivity index (χ1) is 11.3. The smallest absolute Gasteiger partial charge is 0.240 e. The van der Waals surface area contributed by atoms with Gasteiger partial charge in [0.15, 0.2) is 0 Å². The summed E-state index contributed by atoms with van der Waals surface area (Å²) in [6, 6.07) is 3.62. The molecule has 5 nitrogen and oxygen atoms in total. The topological polar surface area (TPSA) is 75.4 Å². The summed E-state index contributed by atoms with van der Waals surface area (Å²) in [7, 11) is 0. The number of carbonyl (C=O) groups is 2. The van der Waals surface area contributed by atoms with E-state index < -0.39 is 6.04 Å². The largest absolute Gasteiger partial charge is 0.355 e. The molecule has 0 saturated carbocycles. The van der Waals surface area contributed by atoms with Crippen molar-refractivity contribution in [2.75, 3.05) is 19.6 Å². The third kappa shape index (κ3) is 5.05. The quantitative estimate of drug-likeness (QED) is 0.852. The molecule has 2 heterocycles. The second kappa shape index (κ2) is 8.12.